The average Bonchev–Trinajstić information content (AvgIpc) is 2.93. The van der Waals surface area contributed by atoms with Gasteiger partial charge < -0.3 is 31.5 Å². The Morgan fingerprint density at radius 2 is 1.31 bits per heavy atom. The third-order valence-electron chi connectivity index (χ3n) is 6.20. The second-order valence-corrected chi connectivity index (χ2v) is 9.43. The molecule has 1 aromatic carbocycles. The van der Waals surface area contributed by atoms with Crippen LogP contribution in [0.5, 0.6) is 0 Å². The largest absolute Gasteiger partial charge is 0.480 e. The number of hydrogen-bond donors (Lipinski definition) is 6. The van der Waals surface area contributed by atoms with E-state index in [9.17, 15) is 39.6 Å². The first kappa shape index (κ1) is 31.6. The SMILES string of the molecule is Nc1ccc(C(CNCCN(CC(=O)O)Cc2cccc(C(=O)O)n2)N(CC(=O)O)Cc2cccc(C(=O)O)n2)cc1. The van der Waals surface area contributed by atoms with Crippen molar-refractivity contribution in [1.82, 2.24) is 25.1 Å². The standard InChI is InChI=1S/C28H32N6O8/c29-19-9-7-18(8-10-19)24(34(17-26(37)38)15-21-4-2-6-23(32-21)28(41)42)13-30-11-12-33(16-25(35)36)14-20-3-1-5-22(31-20)27(39)40/h1-10,24,30H,11-17,29H2,(H,35,36)(H,37,38)(H,39,40)(H,41,42). The van der Waals surface area contributed by atoms with Crippen LogP contribution in [0.15, 0.2) is 60.7 Å². The van der Waals surface area contributed by atoms with Gasteiger partial charge in [0.2, 0.25) is 0 Å². The van der Waals surface area contributed by atoms with Crippen LogP contribution >= 0.6 is 0 Å². The number of nitrogens with two attached hydrogens (primary N) is 1. The number of carboxylic acids is 4. The van der Waals surface area contributed by atoms with Crippen LogP contribution in [0.3, 0.4) is 0 Å². The Balaban J connectivity index is 1.76. The fourth-order valence-corrected chi connectivity index (χ4v) is 4.32. The highest BCUT2D eigenvalue weighted by Crippen LogP contribution is 2.23. The summed E-state index contributed by atoms with van der Waals surface area (Å²) in [6.07, 6.45) is 0. The third-order valence-corrected chi connectivity index (χ3v) is 6.20. The molecule has 14 heteroatoms. The summed E-state index contributed by atoms with van der Waals surface area (Å²) in [4.78, 5) is 57.4. The van der Waals surface area contributed by atoms with Gasteiger partial charge in [-0.05, 0) is 42.0 Å². The zero-order valence-electron chi connectivity index (χ0n) is 22.6. The van der Waals surface area contributed by atoms with E-state index >= 15 is 0 Å². The van der Waals surface area contributed by atoms with Gasteiger partial charge in [-0.2, -0.15) is 0 Å². The second kappa shape index (κ2) is 15.2. The van der Waals surface area contributed by atoms with Crippen molar-refractivity contribution in [3.63, 3.8) is 0 Å². The van der Waals surface area contributed by atoms with E-state index in [-0.39, 0.29) is 50.7 Å². The Morgan fingerprint density at radius 3 is 1.83 bits per heavy atom. The highest BCUT2D eigenvalue weighted by Gasteiger charge is 2.24. The van der Waals surface area contributed by atoms with Gasteiger partial charge in [0.1, 0.15) is 11.4 Å². The minimum Gasteiger partial charge on any atom is -0.480 e. The number of aliphatic carboxylic acids is 2. The molecule has 2 heterocycles. The molecule has 0 aliphatic carbocycles. The predicted octanol–water partition coefficient (Wildman–Crippen LogP) is 1.26. The van der Waals surface area contributed by atoms with E-state index in [1.807, 2.05) is 0 Å². The minimum absolute atomic E-state index is 0.0425. The van der Waals surface area contributed by atoms with Gasteiger partial charge in [0.05, 0.1) is 24.5 Å². The van der Waals surface area contributed by atoms with Crippen molar-refractivity contribution < 1.29 is 39.6 Å². The van der Waals surface area contributed by atoms with Crippen molar-refractivity contribution in [3.8, 4) is 0 Å². The maximum atomic E-state index is 11.8. The molecule has 14 nitrogen and oxygen atoms in total. The van der Waals surface area contributed by atoms with Crippen molar-refractivity contribution in [3.05, 3.63) is 89.0 Å². The summed E-state index contributed by atoms with van der Waals surface area (Å²) in [6, 6.07) is 15.4. The number of nitrogen functional groups attached to an aromatic ring is 1. The Labute approximate surface area is 241 Å². The molecule has 0 radical (unpaired) electrons. The van der Waals surface area contributed by atoms with E-state index in [4.69, 9.17) is 5.73 Å². The van der Waals surface area contributed by atoms with Gasteiger partial charge in [-0.15, -0.1) is 0 Å². The number of rotatable bonds is 17. The monoisotopic (exact) mass is 580 g/mol. The number of nitrogens with one attached hydrogen (secondary N) is 1. The van der Waals surface area contributed by atoms with Crippen LogP contribution in [0, 0.1) is 0 Å². The predicted molar refractivity (Wildman–Crippen MR) is 150 cm³/mol. The van der Waals surface area contributed by atoms with E-state index < -0.39 is 29.9 Å². The molecule has 0 bridgehead atoms. The highest BCUT2D eigenvalue weighted by atomic mass is 16.4. The Bertz CT molecular complexity index is 1400. The minimum atomic E-state index is -1.20. The number of carbonyl (C=O) groups is 4. The number of nitrogens with zero attached hydrogens (tertiary/aromatic N) is 4. The van der Waals surface area contributed by atoms with Gasteiger partial charge in [0.15, 0.2) is 0 Å². The quantitative estimate of drug-likeness (QED) is 0.0978. The molecule has 0 saturated heterocycles. The van der Waals surface area contributed by atoms with Crippen LogP contribution in [0.1, 0.15) is 44.0 Å². The van der Waals surface area contributed by atoms with Gasteiger partial charge in [-0.25, -0.2) is 19.6 Å². The van der Waals surface area contributed by atoms with Crippen molar-refractivity contribution in [2.45, 2.75) is 19.1 Å². The molecule has 0 amide bonds. The first-order chi connectivity index (χ1) is 20.0. The summed E-state index contributed by atoms with van der Waals surface area (Å²) in [5.41, 5.74) is 7.61. The van der Waals surface area contributed by atoms with Gasteiger partial charge in [0.25, 0.3) is 0 Å². The van der Waals surface area contributed by atoms with E-state index in [2.05, 4.69) is 15.3 Å². The summed E-state index contributed by atoms with van der Waals surface area (Å²) in [7, 11) is 0. The maximum absolute atomic E-state index is 11.8. The first-order valence-corrected chi connectivity index (χ1v) is 12.9. The fourth-order valence-electron chi connectivity index (χ4n) is 4.32. The van der Waals surface area contributed by atoms with E-state index in [1.54, 1.807) is 52.3 Å². The van der Waals surface area contributed by atoms with Gasteiger partial charge in [-0.1, -0.05) is 24.3 Å². The van der Waals surface area contributed by atoms with Crippen molar-refractivity contribution in [2.24, 2.45) is 0 Å². The molecule has 0 aliphatic heterocycles. The Kier molecular flexibility index (Phi) is 11.4. The Morgan fingerprint density at radius 1 is 0.762 bits per heavy atom. The van der Waals surface area contributed by atoms with Gasteiger partial charge >= 0.3 is 23.9 Å². The number of carboxylic acid groups (broad SMARTS) is 4. The molecule has 222 valence electrons. The lowest BCUT2D eigenvalue weighted by Crippen LogP contribution is -2.41. The molecule has 0 fully saturated rings. The second-order valence-electron chi connectivity index (χ2n) is 9.43. The first-order valence-electron chi connectivity index (χ1n) is 12.9. The van der Waals surface area contributed by atoms with Crippen LogP contribution in [0.25, 0.3) is 0 Å². The summed E-state index contributed by atoms with van der Waals surface area (Å²) in [5, 5.41) is 40.8. The zero-order valence-corrected chi connectivity index (χ0v) is 22.6. The lowest BCUT2D eigenvalue weighted by molar-refractivity contribution is -0.139. The zero-order chi connectivity index (χ0) is 30.6. The topological polar surface area (TPSA) is 220 Å². The summed E-state index contributed by atoms with van der Waals surface area (Å²) < 4.78 is 0. The molecular weight excluding hydrogens is 548 g/mol. The smallest absolute Gasteiger partial charge is 0.354 e. The summed E-state index contributed by atoms with van der Waals surface area (Å²) in [6.45, 7) is 0.300. The molecule has 0 spiro atoms. The third kappa shape index (κ3) is 9.92. The van der Waals surface area contributed by atoms with Crippen LogP contribution in [-0.2, 0) is 22.7 Å². The van der Waals surface area contributed by atoms with E-state index in [0.29, 0.717) is 23.6 Å². The van der Waals surface area contributed by atoms with Gasteiger partial charge in [0, 0.05) is 44.5 Å². The Hall–Kier alpha value is -4.92. The number of aromatic carboxylic acids is 2. The number of benzene rings is 1. The number of aromatic nitrogens is 2. The van der Waals surface area contributed by atoms with Crippen LogP contribution in [0.2, 0.25) is 0 Å². The number of hydrogen-bond acceptors (Lipinski definition) is 10. The summed E-state index contributed by atoms with van der Waals surface area (Å²) >= 11 is 0. The normalized spacial score (nSPS) is 11.9. The number of anilines is 1. The van der Waals surface area contributed by atoms with Crippen LogP contribution in [0.4, 0.5) is 5.69 Å². The van der Waals surface area contributed by atoms with Gasteiger partial charge in [-0.3, -0.25) is 19.4 Å². The lowest BCUT2D eigenvalue weighted by atomic mass is 10.0. The van der Waals surface area contributed by atoms with Crippen LogP contribution in [-0.4, -0.2) is 96.8 Å². The van der Waals surface area contributed by atoms with Crippen molar-refractivity contribution >= 4 is 29.6 Å². The molecule has 3 rings (SSSR count). The van der Waals surface area contributed by atoms with Crippen molar-refractivity contribution in [2.75, 3.05) is 38.5 Å². The molecule has 1 unspecified atom stereocenters. The van der Waals surface area contributed by atoms with E-state index in [1.165, 1.54) is 18.2 Å². The van der Waals surface area contributed by atoms with Crippen LogP contribution < -0.4 is 11.1 Å². The lowest BCUT2D eigenvalue weighted by Gasteiger charge is -2.31. The maximum Gasteiger partial charge on any atom is 0.354 e. The van der Waals surface area contributed by atoms with E-state index in [0.717, 1.165) is 5.56 Å². The molecule has 1 atom stereocenters. The average molecular weight is 581 g/mol. The molecule has 7 N–H and O–H groups in total. The molecule has 3 aromatic rings. The molecular formula is C28H32N6O8. The molecule has 2 aromatic heterocycles. The molecule has 42 heavy (non-hydrogen) atoms. The summed E-state index contributed by atoms with van der Waals surface area (Å²) in [5.74, 6) is -4.54. The number of pyridine rings is 2. The molecule has 0 saturated carbocycles. The highest BCUT2D eigenvalue weighted by molar-refractivity contribution is 5.85. The molecule has 0 aliphatic rings. The van der Waals surface area contributed by atoms with Crippen molar-refractivity contribution in [1.29, 1.82) is 0 Å². The fraction of sp³-hybridized carbons (Fsp3) is 0.286.